The molecule has 0 saturated heterocycles. The smallest absolute Gasteiger partial charge is 0.396 e. The third-order valence-electron chi connectivity index (χ3n) is 3.56. The number of aromatic nitrogens is 4. The van der Waals surface area contributed by atoms with Crippen molar-refractivity contribution in [2.24, 2.45) is 5.41 Å². The first-order chi connectivity index (χ1) is 11.6. The lowest BCUT2D eigenvalue weighted by molar-refractivity contribution is 0.0556. The van der Waals surface area contributed by atoms with Crippen LogP contribution in [0.15, 0.2) is 14.4 Å². The second kappa shape index (κ2) is 6.52. The lowest BCUT2D eigenvalue weighted by atomic mass is 9.93. The van der Waals surface area contributed by atoms with E-state index >= 15 is 0 Å². The van der Waals surface area contributed by atoms with E-state index in [9.17, 15) is 42.9 Å². The summed E-state index contributed by atoms with van der Waals surface area (Å²) in [5.74, 6) is 0. The van der Waals surface area contributed by atoms with Crippen molar-refractivity contribution in [1.29, 1.82) is 0 Å². The summed E-state index contributed by atoms with van der Waals surface area (Å²) in [6.07, 6.45) is 0. The molecule has 0 atom stereocenters. The van der Waals surface area contributed by atoms with Crippen LogP contribution in [0.5, 0.6) is 0 Å². The van der Waals surface area contributed by atoms with Gasteiger partial charge < -0.3 is 10.2 Å². The van der Waals surface area contributed by atoms with Crippen molar-refractivity contribution >= 4 is 26.8 Å². The SMILES string of the molecule is CC(CO)(CO)Cn1c(=O)[nH]c2c1c(=O)n(P(=O)=O)c(=O)n2P(=O)=O. The fourth-order valence-corrected chi connectivity index (χ4v) is 3.26. The molecule has 0 radical (unpaired) electrons. The molecule has 0 aliphatic carbocycles. The van der Waals surface area contributed by atoms with Crippen LogP contribution in [0.1, 0.15) is 6.92 Å². The molecule has 2 aromatic heterocycles. The third kappa shape index (κ3) is 3.02. The maximum atomic E-state index is 12.3. The zero-order chi connectivity index (χ0) is 19.1. The van der Waals surface area contributed by atoms with E-state index in [4.69, 9.17) is 0 Å². The van der Waals surface area contributed by atoms with Gasteiger partial charge in [0, 0.05) is 12.0 Å². The highest BCUT2D eigenvalue weighted by Gasteiger charge is 2.29. The fourth-order valence-electron chi connectivity index (χ4n) is 2.18. The normalized spacial score (nSPS) is 11.8. The van der Waals surface area contributed by atoms with Crippen molar-refractivity contribution in [3.63, 3.8) is 0 Å². The molecule has 0 aliphatic heterocycles. The molecule has 0 unspecified atom stereocenters. The molecule has 2 aromatic rings. The van der Waals surface area contributed by atoms with Gasteiger partial charge in [0.1, 0.15) is 0 Å². The van der Waals surface area contributed by atoms with Gasteiger partial charge >= 0.3 is 27.0 Å². The van der Waals surface area contributed by atoms with Crippen LogP contribution in [0.4, 0.5) is 0 Å². The zero-order valence-electron chi connectivity index (χ0n) is 12.6. The van der Waals surface area contributed by atoms with Gasteiger partial charge in [0.15, 0.2) is 11.2 Å². The number of fused-ring (bicyclic) bond motifs is 1. The van der Waals surface area contributed by atoms with E-state index in [1.54, 1.807) is 0 Å². The Morgan fingerprint density at radius 2 is 1.52 bits per heavy atom. The van der Waals surface area contributed by atoms with Crippen LogP contribution in [0, 0.1) is 5.41 Å². The molecule has 0 aromatic carbocycles. The van der Waals surface area contributed by atoms with Crippen molar-refractivity contribution in [2.75, 3.05) is 13.2 Å². The topological polar surface area (TPSA) is 191 Å². The minimum atomic E-state index is -3.82. The highest BCUT2D eigenvalue weighted by Crippen LogP contribution is 2.20. The van der Waals surface area contributed by atoms with Gasteiger partial charge in [-0.1, -0.05) is 6.92 Å². The fraction of sp³-hybridized carbons (Fsp3) is 0.500. The minimum absolute atomic E-state index is 0.0513. The van der Waals surface area contributed by atoms with Crippen molar-refractivity contribution in [1.82, 2.24) is 18.2 Å². The predicted molar refractivity (Wildman–Crippen MR) is 80.7 cm³/mol. The van der Waals surface area contributed by atoms with Gasteiger partial charge in [-0.05, 0) is 0 Å². The standard InChI is InChI=1S/C10H12N4O9P2/c1-10(3-15,4-16)2-12-5-6(11-8(12)18)13(24(20)21)9(19)14(7(5)17)25(22)23/h15-16H,2-4H2,1H3,(H,11,18). The molecule has 0 spiro atoms. The van der Waals surface area contributed by atoms with E-state index in [-0.39, 0.29) is 8.68 Å². The first-order valence-electron chi connectivity index (χ1n) is 6.59. The lowest BCUT2D eigenvalue weighted by Crippen LogP contribution is -2.38. The molecule has 2 heterocycles. The summed E-state index contributed by atoms with van der Waals surface area (Å²) in [6, 6.07) is 0. The summed E-state index contributed by atoms with van der Waals surface area (Å²) in [6.45, 7) is -0.267. The molecule has 0 fully saturated rings. The van der Waals surface area contributed by atoms with Gasteiger partial charge in [0.05, 0.1) is 13.2 Å². The summed E-state index contributed by atoms with van der Waals surface area (Å²) in [7, 11) is -7.53. The molecule has 0 aliphatic rings. The monoisotopic (exact) mass is 394 g/mol. The minimum Gasteiger partial charge on any atom is -0.396 e. The molecule has 136 valence electrons. The first kappa shape index (κ1) is 19.0. The molecule has 0 bridgehead atoms. The Morgan fingerprint density at radius 1 is 1.00 bits per heavy atom. The Kier molecular flexibility index (Phi) is 4.96. The van der Waals surface area contributed by atoms with E-state index in [1.807, 2.05) is 4.98 Å². The summed E-state index contributed by atoms with van der Waals surface area (Å²) in [5.41, 5.74) is -6.81. The maximum Gasteiger partial charge on any atom is 0.438 e. The maximum absolute atomic E-state index is 12.3. The second-order valence-electron chi connectivity index (χ2n) is 5.53. The molecular weight excluding hydrogens is 382 g/mol. The largest absolute Gasteiger partial charge is 0.438 e. The van der Waals surface area contributed by atoms with Gasteiger partial charge in [-0.3, -0.25) is 14.3 Å². The van der Waals surface area contributed by atoms with Gasteiger partial charge in [-0.25, -0.2) is 27.8 Å². The summed E-state index contributed by atoms with van der Waals surface area (Å²) < 4.78 is 45.3. The van der Waals surface area contributed by atoms with Gasteiger partial charge in [0.2, 0.25) is 0 Å². The second-order valence-corrected chi connectivity index (χ2v) is 7.28. The summed E-state index contributed by atoms with van der Waals surface area (Å²) in [4.78, 5) is 38.4. The van der Waals surface area contributed by atoms with Crippen LogP contribution in [0.25, 0.3) is 11.2 Å². The number of nitrogens with one attached hydrogen (secondary N) is 1. The van der Waals surface area contributed by atoms with Crippen molar-refractivity contribution < 1.29 is 28.5 Å². The molecule has 13 nitrogen and oxygen atoms in total. The summed E-state index contributed by atoms with van der Waals surface area (Å²) >= 11 is 0. The number of hydrogen-bond acceptors (Lipinski definition) is 9. The molecule has 0 saturated carbocycles. The number of imidazole rings is 1. The Labute approximate surface area is 137 Å². The molecule has 2 rings (SSSR count). The van der Waals surface area contributed by atoms with E-state index in [0.29, 0.717) is 4.57 Å². The molecule has 3 N–H and O–H groups in total. The van der Waals surface area contributed by atoms with Crippen molar-refractivity contribution in [3.05, 3.63) is 31.3 Å². The van der Waals surface area contributed by atoms with E-state index in [1.165, 1.54) is 6.92 Å². The predicted octanol–water partition coefficient (Wildman–Crippen LogP) is -1.48. The molecular formula is C10H12N4O9P2. The van der Waals surface area contributed by atoms with Crippen LogP contribution >= 0.6 is 15.7 Å². The Hall–Kier alpha value is -2.33. The Balaban J connectivity index is 3.07. The number of hydrogen-bond donors (Lipinski definition) is 3. The van der Waals surface area contributed by atoms with Crippen LogP contribution in [0.3, 0.4) is 0 Å². The number of rotatable bonds is 6. The van der Waals surface area contributed by atoms with Crippen LogP contribution in [-0.2, 0) is 24.8 Å². The Morgan fingerprint density at radius 3 is 1.96 bits per heavy atom. The molecule has 15 heteroatoms. The number of aromatic amines is 1. The van der Waals surface area contributed by atoms with Gasteiger partial charge in [0.25, 0.3) is 5.56 Å². The zero-order valence-corrected chi connectivity index (χ0v) is 14.4. The van der Waals surface area contributed by atoms with E-state index in [0.717, 1.165) is 0 Å². The number of H-pyrrole nitrogens is 1. The first-order valence-corrected chi connectivity index (χ1v) is 8.85. The average molecular weight is 394 g/mol. The van der Waals surface area contributed by atoms with Crippen LogP contribution in [0.2, 0.25) is 0 Å². The van der Waals surface area contributed by atoms with E-state index < -0.39 is 68.9 Å². The van der Waals surface area contributed by atoms with Gasteiger partial charge in [-0.2, -0.15) is 4.34 Å². The number of aliphatic hydroxyl groups is 2. The van der Waals surface area contributed by atoms with Crippen molar-refractivity contribution in [3.8, 4) is 0 Å². The molecule has 25 heavy (non-hydrogen) atoms. The third-order valence-corrected chi connectivity index (χ3v) is 4.94. The highest BCUT2D eigenvalue weighted by molar-refractivity contribution is 7.30. The number of nitrogens with zero attached hydrogens (tertiary/aromatic N) is 3. The highest BCUT2D eigenvalue weighted by atomic mass is 31.1. The van der Waals surface area contributed by atoms with Crippen molar-refractivity contribution in [2.45, 2.75) is 13.5 Å². The van der Waals surface area contributed by atoms with E-state index in [2.05, 4.69) is 0 Å². The quantitative estimate of drug-likeness (QED) is 0.490. The average Bonchev–Trinajstić information content (AvgIpc) is 2.82. The van der Waals surface area contributed by atoms with Crippen LogP contribution in [-0.4, -0.2) is 41.7 Å². The summed E-state index contributed by atoms with van der Waals surface area (Å²) in [5, 5.41) is 18.7. The Bertz CT molecular complexity index is 1140. The lowest BCUT2D eigenvalue weighted by Gasteiger charge is -2.24. The van der Waals surface area contributed by atoms with Crippen LogP contribution < -0.4 is 16.9 Å². The van der Waals surface area contributed by atoms with Gasteiger partial charge in [-0.15, -0.1) is 4.34 Å². The molecule has 0 amide bonds. The number of aliphatic hydroxyl groups excluding tert-OH is 2.